The Hall–Kier alpha value is -3.41. The van der Waals surface area contributed by atoms with Crippen molar-refractivity contribution >= 4 is 17.6 Å². The Bertz CT molecular complexity index is 1180. The highest BCUT2D eigenvalue weighted by Gasteiger charge is 2.24. The fraction of sp³-hybridized carbons (Fsp3) is 0.469. The molecular weight excluding hydrogens is 472 g/mol. The first-order chi connectivity index (χ1) is 18.3. The van der Waals surface area contributed by atoms with Crippen LogP contribution < -0.4 is 5.32 Å². The van der Waals surface area contributed by atoms with Crippen molar-refractivity contribution in [1.82, 2.24) is 14.7 Å². The van der Waals surface area contributed by atoms with Crippen LogP contribution in [0.2, 0.25) is 0 Å². The minimum atomic E-state index is -0.224. The Morgan fingerprint density at radius 3 is 2.18 bits per heavy atom. The molecule has 1 aromatic heterocycles. The average molecular weight is 517 g/mol. The minimum Gasteiger partial charge on any atom is -0.331 e. The first-order valence-corrected chi connectivity index (χ1v) is 14.1. The molecule has 0 radical (unpaired) electrons. The summed E-state index contributed by atoms with van der Waals surface area (Å²) in [6.45, 7) is 10.1. The van der Waals surface area contributed by atoms with Gasteiger partial charge in [0.1, 0.15) is 12.4 Å². The van der Waals surface area contributed by atoms with Crippen molar-refractivity contribution in [2.24, 2.45) is 0 Å². The van der Waals surface area contributed by atoms with E-state index in [0.29, 0.717) is 12.2 Å². The van der Waals surface area contributed by atoms with Gasteiger partial charge in [-0.3, -0.25) is 9.59 Å². The zero-order valence-corrected chi connectivity index (χ0v) is 23.8. The molecule has 6 heteroatoms. The molecule has 0 aliphatic rings. The van der Waals surface area contributed by atoms with Gasteiger partial charge in [0, 0.05) is 18.0 Å². The Labute approximate surface area is 228 Å². The molecule has 0 bridgehead atoms. The quantitative estimate of drug-likeness (QED) is 0.226. The second-order valence-electron chi connectivity index (χ2n) is 10.4. The number of hydrogen-bond acceptors (Lipinski definition) is 3. The summed E-state index contributed by atoms with van der Waals surface area (Å²) >= 11 is 0. The minimum absolute atomic E-state index is 0.0131. The van der Waals surface area contributed by atoms with Crippen molar-refractivity contribution in [2.45, 2.75) is 92.0 Å². The molecule has 0 aliphatic carbocycles. The molecule has 1 heterocycles. The lowest BCUT2D eigenvalue weighted by atomic mass is 10.1. The fourth-order valence-electron chi connectivity index (χ4n) is 4.83. The lowest BCUT2D eigenvalue weighted by molar-refractivity contribution is -0.136. The first-order valence-electron chi connectivity index (χ1n) is 14.1. The standard InChI is InChI=1S/C32H44N4O2/c1-6-7-8-9-10-11-15-22-30(38)35(24(2)3)23-29(37)33-32-31(27-19-13-12-14-20-27)26(5)34-36(32)28-21-17-16-18-25(28)4/h12-14,16-21,24H,6-11,15,22-23H2,1-5H3,(H,33,37). The predicted molar refractivity (Wildman–Crippen MR) is 157 cm³/mol. The number of rotatable bonds is 14. The lowest BCUT2D eigenvalue weighted by Gasteiger charge is -2.26. The number of carbonyl (C=O) groups is 2. The number of amides is 2. The molecule has 0 aliphatic heterocycles. The van der Waals surface area contributed by atoms with Crippen LogP contribution in [0, 0.1) is 13.8 Å². The maximum atomic E-state index is 13.4. The van der Waals surface area contributed by atoms with Crippen LogP contribution in [-0.4, -0.2) is 39.1 Å². The van der Waals surface area contributed by atoms with Gasteiger partial charge in [-0.05, 0) is 51.3 Å². The summed E-state index contributed by atoms with van der Waals surface area (Å²) in [7, 11) is 0. The summed E-state index contributed by atoms with van der Waals surface area (Å²) in [5.41, 5.74) is 4.65. The van der Waals surface area contributed by atoms with Gasteiger partial charge in [0.15, 0.2) is 0 Å². The molecule has 6 nitrogen and oxygen atoms in total. The maximum absolute atomic E-state index is 13.4. The van der Waals surface area contributed by atoms with E-state index >= 15 is 0 Å². The zero-order valence-electron chi connectivity index (χ0n) is 23.8. The highest BCUT2D eigenvalue weighted by Crippen LogP contribution is 2.34. The molecule has 0 unspecified atom stereocenters. The summed E-state index contributed by atoms with van der Waals surface area (Å²) < 4.78 is 1.81. The summed E-state index contributed by atoms with van der Waals surface area (Å²) in [5.74, 6) is 0.436. The van der Waals surface area contributed by atoms with E-state index in [0.717, 1.165) is 40.9 Å². The summed E-state index contributed by atoms with van der Waals surface area (Å²) in [6.07, 6.45) is 8.60. The molecule has 3 aromatic rings. The summed E-state index contributed by atoms with van der Waals surface area (Å²) in [5, 5.41) is 7.95. The highest BCUT2D eigenvalue weighted by atomic mass is 16.2. The molecule has 2 aromatic carbocycles. The summed E-state index contributed by atoms with van der Waals surface area (Å²) in [4.78, 5) is 28.2. The van der Waals surface area contributed by atoms with Crippen LogP contribution in [0.15, 0.2) is 54.6 Å². The number of unbranched alkanes of at least 4 members (excludes halogenated alkanes) is 6. The predicted octanol–water partition coefficient (Wildman–Crippen LogP) is 7.47. The molecule has 0 spiro atoms. The third kappa shape index (κ3) is 7.80. The molecule has 0 saturated heterocycles. The van der Waals surface area contributed by atoms with E-state index < -0.39 is 0 Å². The topological polar surface area (TPSA) is 67.2 Å². The van der Waals surface area contributed by atoms with E-state index in [2.05, 4.69) is 12.2 Å². The number of hydrogen-bond donors (Lipinski definition) is 1. The third-order valence-corrected chi connectivity index (χ3v) is 6.98. The van der Waals surface area contributed by atoms with Crippen LogP contribution >= 0.6 is 0 Å². The lowest BCUT2D eigenvalue weighted by Crippen LogP contribution is -2.42. The normalized spacial score (nSPS) is 11.1. The van der Waals surface area contributed by atoms with Gasteiger partial charge in [-0.2, -0.15) is 5.10 Å². The Kier molecular flexibility index (Phi) is 11.1. The first kappa shape index (κ1) is 29.2. The van der Waals surface area contributed by atoms with Gasteiger partial charge in [0.2, 0.25) is 11.8 Å². The van der Waals surface area contributed by atoms with Gasteiger partial charge in [0.05, 0.1) is 11.4 Å². The molecule has 1 N–H and O–H groups in total. The molecule has 0 saturated carbocycles. The second-order valence-corrected chi connectivity index (χ2v) is 10.4. The van der Waals surface area contributed by atoms with Crippen molar-refractivity contribution in [3.8, 4) is 16.8 Å². The SMILES string of the molecule is CCCCCCCCCC(=O)N(CC(=O)Nc1c(-c2ccccc2)c(C)nn1-c1ccccc1C)C(C)C. The molecule has 0 fully saturated rings. The van der Waals surface area contributed by atoms with E-state index in [1.54, 1.807) is 4.90 Å². The maximum Gasteiger partial charge on any atom is 0.245 e. The molecule has 38 heavy (non-hydrogen) atoms. The summed E-state index contributed by atoms with van der Waals surface area (Å²) in [6, 6.07) is 17.9. The average Bonchev–Trinajstić information content (AvgIpc) is 3.22. The van der Waals surface area contributed by atoms with Crippen molar-refractivity contribution in [2.75, 3.05) is 11.9 Å². The van der Waals surface area contributed by atoms with Crippen LogP contribution in [-0.2, 0) is 9.59 Å². The van der Waals surface area contributed by atoms with E-state index in [9.17, 15) is 9.59 Å². The van der Waals surface area contributed by atoms with Gasteiger partial charge in [0.25, 0.3) is 0 Å². The number of carbonyl (C=O) groups excluding carboxylic acids is 2. The van der Waals surface area contributed by atoms with Gasteiger partial charge in [-0.15, -0.1) is 0 Å². The zero-order chi connectivity index (χ0) is 27.5. The number of nitrogens with one attached hydrogen (secondary N) is 1. The van der Waals surface area contributed by atoms with Crippen LogP contribution in [0.5, 0.6) is 0 Å². The van der Waals surface area contributed by atoms with Crippen molar-refractivity contribution < 1.29 is 9.59 Å². The molecule has 3 rings (SSSR count). The van der Waals surface area contributed by atoms with Gasteiger partial charge in [-0.25, -0.2) is 4.68 Å². The molecule has 0 atom stereocenters. The van der Waals surface area contributed by atoms with Crippen LogP contribution in [0.4, 0.5) is 5.82 Å². The van der Waals surface area contributed by atoms with E-state index in [4.69, 9.17) is 5.10 Å². The van der Waals surface area contributed by atoms with Gasteiger partial charge >= 0.3 is 0 Å². The van der Waals surface area contributed by atoms with Gasteiger partial charge < -0.3 is 10.2 Å². The van der Waals surface area contributed by atoms with E-state index in [1.165, 1.54) is 32.1 Å². The fourth-order valence-corrected chi connectivity index (χ4v) is 4.83. The second kappa shape index (κ2) is 14.5. The van der Waals surface area contributed by atoms with Crippen molar-refractivity contribution in [1.29, 1.82) is 0 Å². The third-order valence-electron chi connectivity index (χ3n) is 6.98. The Morgan fingerprint density at radius 1 is 0.895 bits per heavy atom. The van der Waals surface area contributed by atoms with Gasteiger partial charge in [-0.1, -0.05) is 94.0 Å². The number of para-hydroxylation sites is 1. The van der Waals surface area contributed by atoms with Crippen LogP contribution in [0.3, 0.4) is 0 Å². The van der Waals surface area contributed by atoms with E-state index in [1.807, 2.05) is 87.0 Å². The largest absolute Gasteiger partial charge is 0.331 e. The number of aryl methyl sites for hydroxylation is 2. The smallest absolute Gasteiger partial charge is 0.245 e. The molecule has 2 amide bonds. The van der Waals surface area contributed by atoms with Crippen LogP contribution in [0.25, 0.3) is 16.8 Å². The number of benzene rings is 2. The molecule has 204 valence electrons. The number of nitrogens with zero attached hydrogens (tertiary/aromatic N) is 3. The van der Waals surface area contributed by atoms with E-state index in [-0.39, 0.29) is 24.4 Å². The van der Waals surface area contributed by atoms with Crippen molar-refractivity contribution in [3.05, 3.63) is 65.9 Å². The highest BCUT2D eigenvalue weighted by molar-refractivity contribution is 5.98. The van der Waals surface area contributed by atoms with Crippen molar-refractivity contribution in [3.63, 3.8) is 0 Å². The number of anilines is 1. The Balaban J connectivity index is 1.77. The Morgan fingerprint density at radius 2 is 1.53 bits per heavy atom. The van der Waals surface area contributed by atoms with Crippen LogP contribution in [0.1, 0.15) is 83.4 Å². The molecular formula is C32H44N4O2. The monoisotopic (exact) mass is 516 g/mol. The number of aromatic nitrogens is 2.